The Balaban J connectivity index is 2.04. The summed E-state index contributed by atoms with van der Waals surface area (Å²) in [6.07, 6.45) is 0.902. The van der Waals surface area contributed by atoms with Gasteiger partial charge >= 0.3 is 0 Å². The van der Waals surface area contributed by atoms with Gasteiger partial charge in [0, 0.05) is 11.3 Å². The predicted octanol–water partition coefficient (Wildman–Crippen LogP) is 2.32. The standard InChI is InChI=1S/C11H12FN3OS/c12-9-4-2-8(3-5-9)10-14-15-11(16-10)17-7-1-6-13/h2-5H,1,6-7,13H2. The van der Waals surface area contributed by atoms with Crippen molar-refractivity contribution in [2.24, 2.45) is 5.73 Å². The maximum Gasteiger partial charge on any atom is 0.276 e. The van der Waals surface area contributed by atoms with Crippen molar-refractivity contribution in [3.05, 3.63) is 30.1 Å². The summed E-state index contributed by atoms with van der Waals surface area (Å²) < 4.78 is 18.2. The minimum atomic E-state index is -0.286. The van der Waals surface area contributed by atoms with Gasteiger partial charge in [0.1, 0.15) is 5.82 Å². The molecule has 1 aromatic carbocycles. The molecule has 90 valence electrons. The highest BCUT2D eigenvalue weighted by Crippen LogP contribution is 2.23. The quantitative estimate of drug-likeness (QED) is 0.654. The lowest BCUT2D eigenvalue weighted by molar-refractivity contribution is 0.465. The topological polar surface area (TPSA) is 64.9 Å². The lowest BCUT2D eigenvalue weighted by Gasteiger charge is -1.94. The molecule has 2 N–H and O–H groups in total. The van der Waals surface area contributed by atoms with Crippen molar-refractivity contribution >= 4 is 11.8 Å². The molecule has 0 saturated carbocycles. The van der Waals surface area contributed by atoms with Gasteiger partial charge in [0.25, 0.3) is 5.22 Å². The summed E-state index contributed by atoms with van der Waals surface area (Å²) in [6.45, 7) is 0.645. The van der Waals surface area contributed by atoms with Gasteiger partial charge < -0.3 is 10.2 Å². The first kappa shape index (κ1) is 12.1. The van der Waals surface area contributed by atoms with E-state index in [0.717, 1.165) is 12.2 Å². The minimum Gasteiger partial charge on any atom is -0.411 e. The van der Waals surface area contributed by atoms with E-state index in [9.17, 15) is 4.39 Å². The zero-order valence-corrected chi connectivity index (χ0v) is 9.91. The van der Waals surface area contributed by atoms with Crippen molar-refractivity contribution in [3.63, 3.8) is 0 Å². The van der Waals surface area contributed by atoms with Crippen molar-refractivity contribution < 1.29 is 8.81 Å². The number of thioether (sulfide) groups is 1. The molecule has 1 aromatic heterocycles. The molecule has 0 bridgehead atoms. The predicted molar refractivity (Wildman–Crippen MR) is 64.1 cm³/mol. The Hall–Kier alpha value is -1.40. The molecule has 17 heavy (non-hydrogen) atoms. The van der Waals surface area contributed by atoms with Crippen LogP contribution in [0.4, 0.5) is 4.39 Å². The van der Waals surface area contributed by atoms with Crippen LogP contribution >= 0.6 is 11.8 Å². The fraction of sp³-hybridized carbons (Fsp3) is 0.273. The molecule has 6 heteroatoms. The summed E-state index contributed by atoms with van der Waals surface area (Å²) in [5, 5.41) is 8.31. The van der Waals surface area contributed by atoms with Gasteiger partial charge in [0.15, 0.2) is 0 Å². The number of nitrogens with two attached hydrogens (primary N) is 1. The highest BCUT2D eigenvalue weighted by molar-refractivity contribution is 7.99. The molecule has 0 aliphatic heterocycles. The number of hydrogen-bond donors (Lipinski definition) is 1. The Labute approximate surface area is 102 Å². The Bertz CT molecular complexity index is 472. The molecule has 0 unspecified atom stereocenters. The first-order valence-corrected chi connectivity index (χ1v) is 6.20. The molecule has 0 radical (unpaired) electrons. The van der Waals surface area contributed by atoms with E-state index in [1.807, 2.05) is 0 Å². The van der Waals surface area contributed by atoms with Gasteiger partial charge in [-0.25, -0.2) is 4.39 Å². The van der Waals surface area contributed by atoms with E-state index in [2.05, 4.69) is 10.2 Å². The van der Waals surface area contributed by atoms with Crippen molar-refractivity contribution in [1.82, 2.24) is 10.2 Å². The van der Waals surface area contributed by atoms with E-state index in [0.29, 0.717) is 23.2 Å². The van der Waals surface area contributed by atoms with Crippen molar-refractivity contribution in [2.45, 2.75) is 11.6 Å². The van der Waals surface area contributed by atoms with Gasteiger partial charge in [0.2, 0.25) is 5.89 Å². The second-order valence-electron chi connectivity index (χ2n) is 3.37. The maximum absolute atomic E-state index is 12.7. The van der Waals surface area contributed by atoms with E-state index in [1.54, 1.807) is 12.1 Å². The average molecular weight is 253 g/mol. The number of halogens is 1. The van der Waals surface area contributed by atoms with Crippen LogP contribution in [0.3, 0.4) is 0 Å². The molecule has 0 atom stereocenters. The van der Waals surface area contributed by atoms with Crippen LogP contribution in [-0.2, 0) is 0 Å². The first-order chi connectivity index (χ1) is 8.29. The van der Waals surface area contributed by atoms with Crippen LogP contribution in [0.15, 0.2) is 33.9 Å². The minimum absolute atomic E-state index is 0.286. The van der Waals surface area contributed by atoms with Crippen LogP contribution in [0.5, 0.6) is 0 Å². The van der Waals surface area contributed by atoms with E-state index >= 15 is 0 Å². The number of nitrogens with zero attached hydrogens (tertiary/aromatic N) is 2. The van der Waals surface area contributed by atoms with Crippen LogP contribution in [0.25, 0.3) is 11.5 Å². The molecule has 2 aromatic rings. The van der Waals surface area contributed by atoms with Crippen molar-refractivity contribution in [1.29, 1.82) is 0 Å². The van der Waals surface area contributed by atoms with Crippen molar-refractivity contribution in [3.8, 4) is 11.5 Å². The van der Waals surface area contributed by atoms with E-state index in [-0.39, 0.29) is 5.82 Å². The molecule has 4 nitrogen and oxygen atoms in total. The van der Waals surface area contributed by atoms with Crippen LogP contribution < -0.4 is 5.73 Å². The third-order valence-electron chi connectivity index (χ3n) is 2.07. The average Bonchev–Trinajstić information content (AvgIpc) is 2.79. The zero-order valence-electron chi connectivity index (χ0n) is 9.10. The summed E-state index contributed by atoms with van der Waals surface area (Å²) >= 11 is 1.47. The third kappa shape index (κ3) is 3.28. The second-order valence-corrected chi connectivity index (χ2v) is 4.42. The molecular weight excluding hydrogens is 241 g/mol. The first-order valence-electron chi connectivity index (χ1n) is 5.22. The zero-order chi connectivity index (χ0) is 12.1. The highest BCUT2D eigenvalue weighted by Gasteiger charge is 2.08. The summed E-state index contributed by atoms with van der Waals surface area (Å²) in [4.78, 5) is 0. The summed E-state index contributed by atoms with van der Waals surface area (Å²) in [5.74, 6) is 0.965. The normalized spacial score (nSPS) is 10.7. The highest BCUT2D eigenvalue weighted by atomic mass is 32.2. The van der Waals surface area contributed by atoms with Crippen molar-refractivity contribution in [2.75, 3.05) is 12.3 Å². The van der Waals surface area contributed by atoms with Gasteiger partial charge in [0.05, 0.1) is 0 Å². The third-order valence-corrected chi connectivity index (χ3v) is 2.98. The monoisotopic (exact) mass is 253 g/mol. The lowest BCUT2D eigenvalue weighted by Crippen LogP contribution is -1.99. The fourth-order valence-corrected chi connectivity index (χ4v) is 1.94. The van der Waals surface area contributed by atoms with Crippen LogP contribution in [-0.4, -0.2) is 22.5 Å². The Morgan fingerprint density at radius 2 is 2.00 bits per heavy atom. The number of hydrogen-bond acceptors (Lipinski definition) is 5. The van der Waals surface area contributed by atoms with E-state index in [1.165, 1.54) is 23.9 Å². The Kier molecular flexibility index (Phi) is 4.11. The van der Waals surface area contributed by atoms with Gasteiger partial charge in [-0.15, -0.1) is 10.2 Å². The summed E-state index contributed by atoms with van der Waals surface area (Å²) in [6, 6.07) is 5.94. The SMILES string of the molecule is NCCCSc1nnc(-c2ccc(F)cc2)o1. The fourth-order valence-electron chi connectivity index (χ4n) is 1.22. The van der Waals surface area contributed by atoms with Gasteiger partial charge in [-0.05, 0) is 37.2 Å². The lowest BCUT2D eigenvalue weighted by atomic mass is 10.2. The molecule has 0 aliphatic rings. The molecule has 0 fully saturated rings. The number of benzene rings is 1. The molecule has 0 aliphatic carbocycles. The van der Waals surface area contributed by atoms with Crippen LogP contribution in [0.2, 0.25) is 0 Å². The van der Waals surface area contributed by atoms with Gasteiger partial charge in [-0.1, -0.05) is 11.8 Å². The molecule has 2 rings (SSSR count). The molecule has 0 saturated heterocycles. The number of aromatic nitrogens is 2. The summed E-state index contributed by atoms with van der Waals surface area (Å²) in [7, 11) is 0. The Morgan fingerprint density at radius 1 is 1.24 bits per heavy atom. The van der Waals surface area contributed by atoms with Crippen LogP contribution in [0.1, 0.15) is 6.42 Å². The van der Waals surface area contributed by atoms with Gasteiger partial charge in [-0.3, -0.25) is 0 Å². The summed E-state index contributed by atoms with van der Waals surface area (Å²) in [5.41, 5.74) is 6.10. The van der Waals surface area contributed by atoms with E-state index < -0.39 is 0 Å². The Morgan fingerprint density at radius 3 is 2.71 bits per heavy atom. The molecule has 0 amide bonds. The molecule has 0 spiro atoms. The molecule has 1 heterocycles. The smallest absolute Gasteiger partial charge is 0.276 e. The largest absolute Gasteiger partial charge is 0.411 e. The second kappa shape index (κ2) is 5.79. The van der Waals surface area contributed by atoms with Gasteiger partial charge in [-0.2, -0.15) is 0 Å². The maximum atomic E-state index is 12.7. The van der Waals surface area contributed by atoms with Crippen LogP contribution in [0, 0.1) is 5.82 Å². The number of rotatable bonds is 5. The molecular formula is C11H12FN3OS. The van der Waals surface area contributed by atoms with E-state index in [4.69, 9.17) is 10.2 Å².